The highest BCUT2D eigenvalue weighted by atomic mass is 15.1. The summed E-state index contributed by atoms with van der Waals surface area (Å²) >= 11 is 0. The first-order chi connectivity index (χ1) is 13.3. The van der Waals surface area contributed by atoms with Crippen LogP contribution in [-0.4, -0.2) is 18.1 Å². The molecule has 1 aliphatic rings. The lowest BCUT2D eigenvalue weighted by molar-refractivity contribution is 0.577. The summed E-state index contributed by atoms with van der Waals surface area (Å²) < 4.78 is 0. The second-order valence-corrected chi connectivity index (χ2v) is 7.23. The van der Waals surface area contributed by atoms with Crippen molar-refractivity contribution in [3.05, 3.63) is 83.7 Å². The number of piperidine rings is 1. The van der Waals surface area contributed by atoms with Gasteiger partial charge in [0.05, 0.1) is 5.69 Å². The highest BCUT2D eigenvalue weighted by Crippen LogP contribution is 2.27. The number of hydrogen-bond acceptors (Lipinski definition) is 2. The number of nitrogens with zero attached hydrogens (tertiary/aromatic N) is 2. The van der Waals surface area contributed by atoms with Gasteiger partial charge in [0.25, 0.3) is 0 Å². The molecule has 0 amide bonds. The molecule has 0 atom stereocenters. The standard InChI is InChI=1S/C25H26N2/c1-20-19-26-23(18-25(20)27-16-8-3-9-17-27)15-14-22-12-6-7-13-24(22)21-10-4-2-5-11-21/h2,4-7,10-15,18-19H,3,8-9,16-17H2,1H3. The number of benzene rings is 2. The van der Waals surface area contributed by atoms with Gasteiger partial charge in [0, 0.05) is 25.0 Å². The summed E-state index contributed by atoms with van der Waals surface area (Å²) in [6.45, 7) is 4.48. The van der Waals surface area contributed by atoms with Crippen LogP contribution < -0.4 is 4.90 Å². The van der Waals surface area contributed by atoms with Gasteiger partial charge in [-0.1, -0.05) is 60.7 Å². The van der Waals surface area contributed by atoms with Gasteiger partial charge in [0.15, 0.2) is 0 Å². The van der Waals surface area contributed by atoms with Crippen molar-refractivity contribution >= 4 is 17.8 Å². The molecule has 1 aliphatic heterocycles. The second-order valence-electron chi connectivity index (χ2n) is 7.23. The zero-order valence-electron chi connectivity index (χ0n) is 15.9. The Hall–Kier alpha value is -2.87. The molecular formula is C25H26N2. The molecule has 1 fully saturated rings. The maximum Gasteiger partial charge on any atom is 0.0650 e. The largest absolute Gasteiger partial charge is 0.371 e. The van der Waals surface area contributed by atoms with Gasteiger partial charge >= 0.3 is 0 Å². The molecule has 2 heterocycles. The fourth-order valence-corrected chi connectivity index (χ4v) is 3.79. The van der Waals surface area contributed by atoms with Crippen molar-refractivity contribution in [1.29, 1.82) is 0 Å². The summed E-state index contributed by atoms with van der Waals surface area (Å²) in [7, 11) is 0. The van der Waals surface area contributed by atoms with Crippen LogP contribution in [0.4, 0.5) is 5.69 Å². The van der Waals surface area contributed by atoms with Crippen molar-refractivity contribution in [2.24, 2.45) is 0 Å². The summed E-state index contributed by atoms with van der Waals surface area (Å²) in [5, 5.41) is 0. The number of rotatable bonds is 4. The summed E-state index contributed by atoms with van der Waals surface area (Å²) in [5.41, 5.74) is 7.32. The third kappa shape index (κ3) is 4.11. The minimum atomic E-state index is 1.02. The predicted octanol–water partition coefficient (Wildman–Crippen LogP) is 6.22. The van der Waals surface area contributed by atoms with Crippen LogP contribution in [0, 0.1) is 6.92 Å². The highest BCUT2D eigenvalue weighted by Gasteiger charge is 2.13. The van der Waals surface area contributed by atoms with E-state index < -0.39 is 0 Å². The van der Waals surface area contributed by atoms with Crippen LogP contribution >= 0.6 is 0 Å². The first-order valence-electron chi connectivity index (χ1n) is 9.85. The molecule has 136 valence electrons. The topological polar surface area (TPSA) is 16.1 Å². The Morgan fingerprint density at radius 1 is 0.852 bits per heavy atom. The average molecular weight is 354 g/mol. The molecule has 2 heteroatoms. The van der Waals surface area contributed by atoms with E-state index in [4.69, 9.17) is 0 Å². The van der Waals surface area contributed by atoms with E-state index in [2.05, 4.69) is 89.6 Å². The van der Waals surface area contributed by atoms with Crippen LogP contribution in [0.3, 0.4) is 0 Å². The van der Waals surface area contributed by atoms with E-state index in [0.29, 0.717) is 0 Å². The maximum atomic E-state index is 4.64. The van der Waals surface area contributed by atoms with Gasteiger partial charge in [-0.3, -0.25) is 4.98 Å². The van der Waals surface area contributed by atoms with Gasteiger partial charge in [-0.25, -0.2) is 0 Å². The predicted molar refractivity (Wildman–Crippen MR) is 116 cm³/mol. The van der Waals surface area contributed by atoms with Gasteiger partial charge in [-0.05, 0) is 60.6 Å². The highest BCUT2D eigenvalue weighted by molar-refractivity contribution is 5.80. The summed E-state index contributed by atoms with van der Waals surface area (Å²) in [5.74, 6) is 0. The van der Waals surface area contributed by atoms with Crippen LogP contribution in [0.2, 0.25) is 0 Å². The zero-order valence-corrected chi connectivity index (χ0v) is 15.9. The van der Waals surface area contributed by atoms with E-state index in [1.54, 1.807) is 0 Å². The zero-order chi connectivity index (χ0) is 18.5. The molecule has 4 rings (SSSR count). The lowest BCUT2D eigenvalue weighted by atomic mass is 9.99. The Labute approximate surface area is 162 Å². The molecule has 0 N–H and O–H groups in total. The first kappa shape index (κ1) is 17.5. The molecule has 0 bridgehead atoms. The third-order valence-electron chi connectivity index (χ3n) is 5.27. The van der Waals surface area contributed by atoms with Gasteiger partial charge in [0.1, 0.15) is 0 Å². The van der Waals surface area contributed by atoms with Crippen molar-refractivity contribution in [2.75, 3.05) is 18.0 Å². The lowest BCUT2D eigenvalue weighted by Crippen LogP contribution is -2.30. The van der Waals surface area contributed by atoms with Gasteiger partial charge < -0.3 is 4.90 Å². The average Bonchev–Trinajstić information content (AvgIpc) is 2.74. The first-order valence-corrected chi connectivity index (χ1v) is 9.85. The van der Waals surface area contributed by atoms with E-state index in [0.717, 1.165) is 18.8 Å². The van der Waals surface area contributed by atoms with E-state index in [1.807, 2.05) is 6.20 Å². The van der Waals surface area contributed by atoms with Crippen LogP contribution in [0.15, 0.2) is 66.9 Å². The minimum absolute atomic E-state index is 1.02. The molecule has 3 aromatic rings. The van der Waals surface area contributed by atoms with Crippen LogP contribution in [0.25, 0.3) is 23.3 Å². The number of anilines is 1. The van der Waals surface area contributed by atoms with Gasteiger partial charge in [0.2, 0.25) is 0 Å². The Kier molecular flexibility index (Phi) is 5.34. The monoisotopic (exact) mass is 354 g/mol. The molecule has 0 spiro atoms. The molecule has 2 nitrogen and oxygen atoms in total. The van der Waals surface area contributed by atoms with E-state index in [-0.39, 0.29) is 0 Å². The SMILES string of the molecule is Cc1cnc(C=Cc2ccccc2-c2ccccc2)cc1N1CCCCC1. The van der Waals surface area contributed by atoms with Crippen molar-refractivity contribution in [3.63, 3.8) is 0 Å². The number of hydrogen-bond donors (Lipinski definition) is 0. The summed E-state index contributed by atoms with van der Waals surface area (Å²) in [6, 6.07) is 21.3. The van der Waals surface area contributed by atoms with Crippen LogP contribution in [0.1, 0.15) is 36.1 Å². The fourth-order valence-electron chi connectivity index (χ4n) is 3.79. The normalized spacial score (nSPS) is 14.6. The molecular weight excluding hydrogens is 328 g/mol. The third-order valence-corrected chi connectivity index (χ3v) is 5.27. The molecule has 27 heavy (non-hydrogen) atoms. The summed E-state index contributed by atoms with van der Waals surface area (Å²) in [4.78, 5) is 7.15. The van der Waals surface area contributed by atoms with Crippen molar-refractivity contribution < 1.29 is 0 Å². The lowest BCUT2D eigenvalue weighted by Gasteiger charge is -2.30. The minimum Gasteiger partial charge on any atom is -0.371 e. The maximum absolute atomic E-state index is 4.64. The number of aryl methyl sites for hydroxylation is 1. The fraction of sp³-hybridized carbons (Fsp3) is 0.240. The van der Waals surface area contributed by atoms with E-state index >= 15 is 0 Å². The molecule has 2 aromatic carbocycles. The van der Waals surface area contributed by atoms with Gasteiger partial charge in [-0.15, -0.1) is 0 Å². The molecule has 0 unspecified atom stereocenters. The Morgan fingerprint density at radius 2 is 1.59 bits per heavy atom. The van der Waals surface area contributed by atoms with Crippen molar-refractivity contribution in [3.8, 4) is 11.1 Å². The van der Waals surface area contributed by atoms with Crippen LogP contribution in [0.5, 0.6) is 0 Å². The summed E-state index contributed by atoms with van der Waals surface area (Å²) in [6.07, 6.45) is 10.2. The van der Waals surface area contributed by atoms with E-state index in [1.165, 1.54) is 47.2 Å². The van der Waals surface area contributed by atoms with Crippen molar-refractivity contribution in [2.45, 2.75) is 26.2 Å². The Morgan fingerprint density at radius 3 is 2.41 bits per heavy atom. The molecule has 1 aromatic heterocycles. The smallest absolute Gasteiger partial charge is 0.0650 e. The quantitative estimate of drug-likeness (QED) is 0.553. The Bertz CT molecular complexity index is 922. The van der Waals surface area contributed by atoms with Crippen molar-refractivity contribution in [1.82, 2.24) is 4.98 Å². The Balaban J connectivity index is 1.62. The second kappa shape index (κ2) is 8.22. The molecule has 0 aliphatic carbocycles. The number of aromatic nitrogens is 1. The molecule has 0 saturated carbocycles. The van der Waals surface area contributed by atoms with Gasteiger partial charge in [-0.2, -0.15) is 0 Å². The molecule has 1 saturated heterocycles. The van der Waals surface area contributed by atoms with Crippen LogP contribution in [-0.2, 0) is 0 Å². The van der Waals surface area contributed by atoms with E-state index in [9.17, 15) is 0 Å². The number of pyridine rings is 1. The molecule has 0 radical (unpaired) electrons.